The van der Waals surface area contributed by atoms with Gasteiger partial charge in [0.05, 0.1) is 16.8 Å². The van der Waals surface area contributed by atoms with Gasteiger partial charge in [0.2, 0.25) is 10.7 Å². The van der Waals surface area contributed by atoms with Gasteiger partial charge in [-0.05, 0) is 6.07 Å². The molecule has 0 aliphatic rings. The third-order valence-electron chi connectivity index (χ3n) is 2.55. The molecule has 0 aliphatic carbocycles. The number of hydrogen-bond donors (Lipinski definition) is 2. The van der Waals surface area contributed by atoms with Crippen LogP contribution in [0.1, 0.15) is 0 Å². The van der Waals surface area contributed by atoms with Gasteiger partial charge in [0.25, 0.3) is 0 Å². The maximum absolute atomic E-state index is 10.8. The molecule has 96 valence electrons. The molecule has 0 fully saturated rings. The zero-order chi connectivity index (χ0) is 13.6. The first-order valence-corrected chi connectivity index (χ1v) is 5.94. The molecule has 8 nitrogen and oxygen atoms in total. The molecule has 9 heteroatoms. The summed E-state index contributed by atoms with van der Waals surface area (Å²) >= 11 is 1.32. The second kappa shape index (κ2) is 3.92. The van der Waals surface area contributed by atoms with E-state index in [9.17, 15) is 20.3 Å². The maximum Gasteiger partial charge on any atom is 0.315 e. The second-order valence-corrected chi connectivity index (χ2v) is 4.52. The normalized spacial score (nSPS) is 10.9. The van der Waals surface area contributed by atoms with Gasteiger partial charge in [0.15, 0.2) is 5.75 Å². The molecule has 2 N–H and O–H groups in total. The Balaban J connectivity index is 2.20. The van der Waals surface area contributed by atoms with Crippen LogP contribution in [0.15, 0.2) is 23.8 Å². The molecule has 2 heterocycles. The molecule has 3 rings (SSSR count). The lowest BCUT2D eigenvalue weighted by atomic mass is 10.1. The predicted molar refractivity (Wildman–Crippen MR) is 66.3 cm³/mol. The van der Waals surface area contributed by atoms with Crippen LogP contribution in [-0.2, 0) is 0 Å². The Kier molecular flexibility index (Phi) is 2.35. The summed E-state index contributed by atoms with van der Waals surface area (Å²) in [5.74, 6) is -1.32. The lowest BCUT2D eigenvalue weighted by molar-refractivity contribution is -0.385. The van der Waals surface area contributed by atoms with E-state index >= 15 is 0 Å². The average Bonchev–Trinajstić information content (AvgIpc) is 2.92. The molecule has 0 unspecified atom stereocenters. The largest absolute Gasteiger partial charge is 0.504 e. The number of imidazole rings is 1. The number of aromatic hydroxyl groups is 2. The van der Waals surface area contributed by atoms with Crippen molar-refractivity contribution in [3.8, 4) is 22.8 Å². The number of phenols is 2. The third kappa shape index (κ3) is 1.76. The number of nitrogens with zero attached hydrogens (tertiary/aromatic N) is 4. The van der Waals surface area contributed by atoms with Gasteiger partial charge in [-0.25, -0.2) is 9.50 Å². The van der Waals surface area contributed by atoms with Crippen LogP contribution in [-0.4, -0.2) is 29.7 Å². The van der Waals surface area contributed by atoms with Crippen LogP contribution in [0.2, 0.25) is 0 Å². The summed E-state index contributed by atoms with van der Waals surface area (Å²) in [5.41, 5.74) is 1.81. The Hall–Kier alpha value is -2.68. The Morgan fingerprint density at radius 1 is 1.37 bits per heavy atom. The highest BCUT2D eigenvalue weighted by molar-refractivity contribution is 7.14. The van der Waals surface area contributed by atoms with E-state index in [0.29, 0.717) is 16.2 Å². The van der Waals surface area contributed by atoms with Crippen LogP contribution in [0.4, 0.5) is 5.69 Å². The Labute approximate surface area is 109 Å². The molecule has 0 saturated carbocycles. The molecular formula is C10H6N4O4S. The number of nitro benzene ring substituents is 1. The van der Waals surface area contributed by atoms with Gasteiger partial charge in [0, 0.05) is 11.6 Å². The standard InChI is InChI=1S/C10H6N4O4S/c15-8-2-5(1-7(9(8)16)14(17)18)6-3-13-10(12-6)19-4-11-13/h1-4,15-16H. The van der Waals surface area contributed by atoms with Crippen molar-refractivity contribution in [1.82, 2.24) is 14.6 Å². The topological polar surface area (TPSA) is 114 Å². The average molecular weight is 278 g/mol. The van der Waals surface area contributed by atoms with E-state index in [0.717, 1.165) is 6.07 Å². The Morgan fingerprint density at radius 3 is 2.84 bits per heavy atom. The van der Waals surface area contributed by atoms with Crippen LogP contribution in [0.5, 0.6) is 11.5 Å². The summed E-state index contributed by atoms with van der Waals surface area (Å²) in [6.07, 6.45) is 1.58. The predicted octanol–water partition coefficient (Wildman–Crippen LogP) is 1.78. The molecule has 0 aliphatic heterocycles. The van der Waals surface area contributed by atoms with Crippen LogP contribution in [0.3, 0.4) is 0 Å². The number of rotatable bonds is 2. The Morgan fingerprint density at radius 2 is 2.16 bits per heavy atom. The van der Waals surface area contributed by atoms with E-state index in [2.05, 4.69) is 10.1 Å². The molecule has 3 aromatic rings. The fourth-order valence-electron chi connectivity index (χ4n) is 1.67. The highest BCUT2D eigenvalue weighted by Crippen LogP contribution is 2.39. The molecule has 19 heavy (non-hydrogen) atoms. The minimum Gasteiger partial charge on any atom is -0.504 e. The lowest BCUT2D eigenvalue weighted by Gasteiger charge is -2.02. The molecular weight excluding hydrogens is 272 g/mol. The molecule has 0 bridgehead atoms. The molecule has 0 atom stereocenters. The minimum atomic E-state index is -0.769. The van der Waals surface area contributed by atoms with Gasteiger partial charge in [0.1, 0.15) is 5.51 Å². The van der Waals surface area contributed by atoms with Crippen molar-refractivity contribution in [3.63, 3.8) is 0 Å². The molecule has 0 spiro atoms. The molecule has 0 saturated heterocycles. The molecule has 0 radical (unpaired) electrons. The summed E-state index contributed by atoms with van der Waals surface area (Å²) in [5, 5.41) is 33.7. The zero-order valence-electron chi connectivity index (χ0n) is 9.22. The third-order valence-corrected chi connectivity index (χ3v) is 3.24. The van der Waals surface area contributed by atoms with E-state index in [4.69, 9.17) is 0 Å². The first-order valence-electron chi connectivity index (χ1n) is 5.06. The van der Waals surface area contributed by atoms with Crippen molar-refractivity contribution in [1.29, 1.82) is 0 Å². The van der Waals surface area contributed by atoms with Crippen LogP contribution >= 0.6 is 11.3 Å². The van der Waals surface area contributed by atoms with E-state index in [1.165, 1.54) is 21.9 Å². The molecule has 1 aromatic carbocycles. The molecule has 0 amide bonds. The van der Waals surface area contributed by atoms with E-state index in [1.807, 2.05) is 0 Å². The summed E-state index contributed by atoms with van der Waals surface area (Å²) < 4.78 is 1.52. The summed E-state index contributed by atoms with van der Waals surface area (Å²) in [6, 6.07) is 2.37. The van der Waals surface area contributed by atoms with Crippen LogP contribution < -0.4 is 0 Å². The Bertz CT molecular complexity index is 766. The minimum absolute atomic E-state index is 0.333. The first-order chi connectivity index (χ1) is 9.06. The van der Waals surface area contributed by atoms with Crippen LogP contribution in [0.25, 0.3) is 16.2 Å². The second-order valence-electron chi connectivity index (χ2n) is 3.71. The van der Waals surface area contributed by atoms with E-state index in [-0.39, 0.29) is 0 Å². The SMILES string of the molecule is O=[N+]([O-])c1cc(-c2cn3ncsc3n2)cc(O)c1O. The number of fused-ring (bicyclic) bond motifs is 1. The van der Waals surface area contributed by atoms with Crippen LogP contribution in [0, 0.1) is 10.1 Å². The number of nitro groups is 1. The van der Waals surface area contributed by atoms with Gasteiger partial charge in [-0.1, -0.05) is 11.3 Å². The van der Waals surface area contributed by atoms with Gasteiger partial charge < -0.3 is 10.2 Å². The van der Waals surface area contributed by atoms with Crippen molar-refractivity contribution in [2.45, 2.75) is 0 Å². The fraction of sp³-hybridized carbons (Fsp3) is 0. The smallest absolute Gasteiger partial charge is 0.315 e. The quantitative estimate of drug-likeness (QED) is 0.419. The summed E-state index contributed by atoms with van der Waals surface area (Å²) in [4.78, 5) is 14.9. The number of benzene rings is 1. The number of hydrogen-bond acceptors (Lipinski definition) is 7. The molecule has 2 aromatic heterocycles. The van der Waals surface area contributed by atoms with Crippen molar-refractivity contribution >= 4 is 22.0 Å². The first kappa shape index (κ1) is 11.4. The summed E-state index contributed by atoms with van der Waals surface area (Å²) in [7, 11) is 0. The lowest BCUT2D eigenvalue weighted by Crippen LogP contribution is -1.90. The van der Waals surface area contributed by atoms with Crippen molar-refractivity contribution in [2.75, 3.05) is 0 Å². The van der Waals surface area contributed by atoms with E-state index < -0.39 is 22.1 Å². The van der Waals surface area contributed by atoms with Gasteiger partial charge in [-0.3, -0.25) is 10.1 Å². The monoisotopic (exact) mass is 278 g/mol. The number of aromatic nitrogens is 3. The van der Waals surface area contributed by atoms with Gasteiger partial charge in [-0.2, -0.15) is 5.10 Å². The van der Waals surface area contributed by atoms with Crippen molar-refractivity contribution in [3.05, 3.63) is 34.0 Å². The maximum atomic E-state index is 10.8. The van der Waals surface area contributed by atoms with Crippen molar-refractivity contribution in [2.24, 2.45) is 0 Å². The zero-order valence-corrected chi connectivity index (χ0v) is 10.0. The number of phenolic OH excluding ortho intramolecular Hbond substituents is 2. The fourth-order valence-corrected chi connectivity index (χ4v) is 2.27. The van der Waals surface area contributed by atoms with Gasteiger partial charge >= 0.3 is 5.69 Å². The van der Waals surface area contributed by atoms with Gasteiger partial charge in [-0.15, -0.1) is 0 Å². The summed E-state index contributed by atoms with van der Waals surface area (Å²) in [6.45, 7) is 0. The van der Waals surface area contributed by atoms with Crippen molar-refractivity contribution < 1.29 is 15.1 Å². The highest BCUT2D eigenvalue weighted by atomic mass is 32.1. The van der Waals surface area contributed by atoms with E-state index in [1.54, 1.807) is 11.7 Å². The highest BCUT2D eigenvalue weighted by Gasteiger charge is 2.20.